The standard InChI is InChI=1S/C28H46FN2O13PS2/c1-25(2,3)22(34)46-16-14-39-10-12-41-45(38,42-13-11-40-15-17-47-23(35)26(4,5)6)43-18-28(29)20(33)27(7,37)21(44-28)31-9-8-19(32)30-24(31)36/h8-9,20-21,33,37H,10-18H2,1-7H3,(H,30,32,36)/t20-,21+,27+,28+/m0/s1. The second-order valence-electron chi connectivity index (χ2n) is 12.8. The highest BCUT2D eigenvalue weighted by Crippen LogP contribution is 2.52. The van der Waals surface area contributed by atoms with E-state index in [-0.39, 0.29) is 49.9 Å². The normalized spacial score (nSPS) is 23.7. The number of carbonyl (C=O) groups is 2. The lowest BCUT2D eigenvalue weighted by molar-refractivity contribution is -0.205. The molecule has 0 spiro atoms. The van der Waals surface area contributed by atoms with Gasteiger partial charge in [-0.3, -0.25) is 37.5 Å². The zero-order valence-electron chi connectivity index (χ0n) is 27.6. The molecule has 0 aliphatic carbocycles. The summed E-state index contributed by atoms with van der Waals surface area (Å²) in [5, 5.41) is 21.5. The van der Waals surface area contributed by atoms with Crippen LogP contribution >= 0.6 is 31.3 Å². The van der Waals surface area contributed by atoms with Crippen LogP contribution in [0.2, 0.25) is 0 Å². The first kappa shape index (κ1) is 41.7. The number of thioether (sulfide) groups is 2. The van der Waals surface area contributed by atoms with Crippen molar-refractivity contribution in [1.29, 1.82) is 0 Å². The van der Waals surface area contributed by atoms with Crippen LogP contribution in [0.15, 0.2) is 21.9 Å². The molecule has 3 N–H and O–H groups in total. The van der Waals surface area contributed by atoms with Crippen LogP contribution in [0.5, 0.6) is 0 Å². The van der Waals surface area contributed by atoms with Crippen molar-refractivity contribution in [3.05, 3.63) is 33.1 Å². The van der Waals surface area contributed by atoms with Gasteiger partial charge < -0.3 is 24.4 Å². The van der Waals surface area contributed by atoms with E-state index < -0.39 is 60.3 Å². The van der Waals surface area contributed by atoms with Gasteiger partial charge in [0.25, 0.3) is 11.4 Å². The van der Waals surface area contributed by atoms with Crippen LogP contribution in [-0.4, -0.2) is 105 Å². The number of aliphatic hydroxyl groups is 2. The van der Waals surface area contributed by atoms with Gasteiger partial charge in [-0.15, -0.1) is 0 Å². The van der Waals surface area contributed by atoms with Crippen LogP contribution in [0.4, 0.5) is 4.39 Å². The molecule has 1 aromatic rings. The van der Waals surface area contributed by atoms with Gasteiger partial charge in [-0.05, 0) is 6.92 Å². The van der Waals surface area contributed by atoms with Gasteiger partial charge >= 0.3 is 13.5 Å². The van der Waals surface area contributed by atoms with E-state index >= 15 is 4.39 Å². The Morgan fingerprint density at radius 2 is 1.45 bits per heavy atom. The van der Waals surface area contributed by atoms with Crippen molar-refractivity contribution in [3.8, 4) is 0 Å². The number of nitrogens with one attached hydrogen (secondary N) is 1. The Morgan fingerprint density at radius 3 is 1.89 bits per heavy atom. The molecule has 47 heavy (non-hydrogen) atoms. The topological polar surface area (TPSA) is 202 Å². The molecule has 0 amide bonds. The van der Waals surface area contributed by atoms with Crippen molar-refractivity contribution in [3.63, 3.8) is 0 Å². The van der Waals surface area contributed by atoms with Crippen molar-refractivity contribution >= 4 is 41.6 Å². The Balaban J connectivity index is 2.00. The molecular formula is C28H46FN2O13PS2. The van der Waals surface area contributed by atoms with E-state index in [1.54, 1.807) is 41.5 Å². The van der Waals surface area contributed by atoms with Crippen LogP contribution in [0, 0.1) is 10.8 Å². The fourth-order valence-corrected chi connectivity index (χ4v) is 6.52. The number of hydrogen-bond donors (Lipinski definition) is 3. The highest BCUT2D eigenvalue weighted by atomic mass is 32.2. The zero-order valence-corrected chi connectivity index (χ0v) is 30.2. The van der Waals surface area contributed by atoms with Gasteiger partial charge in [0.05, 0.1) is 39.6 Å². The number of aromatic nitrogens is 2. The third-order valence-electron chi connectivity index (χ3n) is 6.39. The average Bonchev–Trinajstić information content (AvgIpc) is 3.14. The summed E-state index contributed by atoms with van der Waals surface area (Å²) >= 11 is 2.22. The average molecular weight is 733 g/mol. The predicted molar refractivity (Wildman–Crippen MR) is 173 cm³/mol. The highest BCUT2D eigenvalue weighted by molar-refractivity contribution is 8.14. The van der Waals surface area contributed by atoms with Crippen LogP contribution < -0.4 is 11.2 Å². The summed E-state index contributed by atoms with van der Waals surface area (Å²) in [6, 6.07) is 0.935. The predicted octanol–water partition coefficient (Wildman–Crippen LogP) is 2.65. The molecule has 2 heterocycles. The first-order valence-electron chi connectivity index (χ1n) is 14.7. The maximum atomic E-state index is 15.9. The second kappa shape index (κ2) is 17.5. The minimum atomic E-state index is -4.58. The quantitative estimate of drug-likeness (QED) is 0.147. The van der Waals surface area contributed by atoms with E-state index in [1.165, 1.54) is 0 Å². The molecule has 1 aromatic heterocycles. The summed E-state index contributed by atoms with van der Waals surface area (Å²) in [4.78, 5) is 49.7. The van der Waals surface area contributed by atoms with E-state index in [1.807, 2.05) is 4.98 Å². The molecular weight excluding hydrogens is 686 g/mol. The zero-order chi connectivity index (χ0) is 35.7. The largest absolute Gasteiger partial charge is 0.475 e. The summed E-state index contributed by atoms with van der Waals surface area (Å²) in [7, 11) is -4.58. The molecule has 1 aliphatic rings. The van der Waals surface area contributed by atoms with E-state index in [9.17, 15) is 34.0 Å². The number of rotatable bonds is 18. The van der Waals surface area contributed by atoms with Gasteiger partial charge in [0, 0.05) is 34.6 Å². The number of carbonyl (C=O) groups excluding carboxylic acids is 2. The van der Waals surface area contributed by atoms with Crippen LogP contribution in [0.1, 0.15) is 54.7 Å². The maximum absolute atomic E-state index is 15.9. The van der Waals surface area contributed by atoms with Gasteiger partial charge in [-0.25, -0.2) is 13.8 Å². The molecule has 1 fully saturated rings. The Morgan fingerprint density at radius 1 is 0.957 bits per heavy atom. The van der Waals surface area contributed by atoms with Gasteiger partial charge in [0.1, 0.15) is 18.3 Å². The number of aliphatic hydroxyl groups excluding tert-OH is 1. The fourth-order valence-electron chi connectivity index (χ4n) is 3.72. The molecule has 1 saturated heterocycles. The number of phosphoric ester groups is 1. The lowest BCUT2D eigenvalue weighted by atomic mass is 9.95. The van der Waals surface area contributed by atoms with E-state index in [0.29, 0.717) is 16.1 Å². The van der Waals surface area contributed by atoms with Gasteiger partial charge in [0.2, 0.25) is 0 Å². The van der Waals surface area contributed by atoms with Crippen LogP contribution in [0.25, 0.3) is 0 Å². The van der Waals surface area contributed by atoms with Crippen molar-refractivity contribution in [2.75, 3.05) is 57.8 Å². The molecule has 0 saturated carbocycles. The lowest BCUT2D eigenvalue weighted by Crippen LogP contribution is -2.50. The highest BCUT2D eigenvalue weighted by Gasteiger charge is 2.63. The number of halogens is 1. The smallest absolute Gasteiger partial charge is 0.384 e. The monoisotopic (exact) mass is 732 g/mol. The number of ether oxygens (including phenoxy) is 3. The number of H-pyrrole nitrogens is 1. The lowest BCUT2D eigenvalue weighted by Gasteiger charge is -2.28. The molecule has 19 heteroatoms. The molecule has 15 nitrogen and oxygen atoms in total. The Labute approximate surface area is 281 Å². The molecule has 0 bridgehead atoms. The first-order valence-corrected chi connectivity index (χ1v) is 18.2. The Kier molecular flexibility index (Phi) is 15.5. The van der Waals surface area contributed by atoms with Gasteiger partial charge in [-0.1, -0.05) is 65.1 Å². The summed E-state index contributed by atoms with van der Waals surface area (Å²) in [6.45, 7) is 10.0. The number of aromatic amines is 1. The summed E-state index contributed by atoms with van der Waals surface area (Å²) in [5.41, 5.74) is -5.21. The number of nitrogens with zero attached hydrogens (tertiary/aromatic N) is 1. The second-order valence-corrected chi connectivity index (χ2v) is 16.6. The summed E-state index contributed by atoms with van der Waals surface area (Å²) in [5.74, 6) is -2.47. The van der Waals surface area contributed by atoms with Gasteiger partial charge in [0.15, 0.2) is 16.5 Å². The van der Waals surface area contributed by atoms with E-state index in [4.69, 9.17) is 27.8 Å². The summed E-state index contributed by atoms with van der Waals surface area (Å²) < 4.78 is 61.9. The molecule has 4 atom stereocenters. The van der Waals surface area contributed by atoms with Gasteiger partial charge in [-0.2, -0.15) is 0 Å². The van der Waals surface area contributed by atoms with E-state index in [0.717, 1.165) is 42.7 Å². The summed E-state index contributed by atoms with van der Waals surface area (Å²) in [6.07, 6.45) is -3.18. The van der Waals surface area contributed by atoms with Crippen LogP contribution in [-0.2, 0) is 41.9 Å². The molecule has 0 aromatic carbocycles. The number of phosphoric acid groups is 1. The fraction of sp³-hybridized carbons (Fsp3) is 0.786. The molecule has 2 rings (SSSR count). The minimum Gasteiger partial charge on any atom is -0.384 e. The number of alkyl halides is 1. The molecule has 1 aliphatic heterocycles. The Bertz CT molecular complexity index is 1320. The van der Waals surface area contributed by atoms with E-state index in [2.05, 4.69) is 0 Å². The molecule has 0 radical (unpaired) electrons. The SMILES string of the molecule is CC(C)(C)C(=O)SCCOCCOP(=O)(OCCOCCSC(=O)C(C)(C)C)OC[C@@]1(F)O[C@@H](n2ccc(=O)[nH]c2=O)[C@](C)(O)[C@@H]1O. The van der Waals surface area contributed by atoms with Crippen molar-refractivity contribution in [1.82, 2.24) is 9.55 Å². The third kappa shape index (κ3) is 12.8. The van der Waals surface area contributed by atoms with Crippen molar-refractivity contribution in [2.24, 2.45) is 10.8 Å². The maximum Gasteiger partial charge on any atom is 0.475 e. The molecule has 270 valence electrons. The Hall–Kier alpha value is -1.44. The van der Waals surface area contributed by atoms with Crippen LogP contribution in [0.3, 0.4) is 0 Å². The first-order chi connectivity index (χ1) is 21.6. The third-order valence-corrected chi connectivity index (χ3v) is 10.3. The van der Waals surface area contributed by atoms with Crippen molar-refractivity contribution < 1.29 is 56.5 Å². The number of hydrogen-bond acceptors (Lipinski definition) is 15. The van der Waals surface area contributed by atoms with Crippen molar-refractivity contribution in [2.45, 2.75) is 72.3 Å². The molecule has 0 unspecified atom stereocenters. The minimum absolute atomic E-state index is 0.00613.